The van der Waals surface area contributed by atoms with Crippen molar-refractivity contribution in [3.8, 4) is 0 Å². The highest BCUT2D eigenvalue weighted by atomic mass is 15.2. The molecule has 1 aliphatic heterocycles. The van der Waals surface area contributed by atoms with Crippen molar-refractivity contribution >= 4 is 0 Å². The summed E-state index contributed by atoms with van der Waals surface area (Å²) < 4.78 is 2.11. The number of imidazole rings is 1. The summed E-state index contributed by atoms with van der Waals surface area (Å²) in [6, 6.07) is 0. The standard InChI is InChI=1S/C13H24N4/c1-4-13(2)11-17(10-7-15-13)8-5-12-14-6-9-16(12)3/h6,9,15H,4-5,7-8,10-11H2,1-3H3. The maximum atomic E-state index is 4.38. The molecule has 1 fully saturated rings. The first-order valence-electron chi connectivity index (χ1n) is 6.56. The van der Waals surface area contributed by atoms with Crippen LogP contribution >= 0.6 is 0 Å². The minimum atomic E-state index is 0.292. The van der Waals surface area contributed by atoms with E-state index in [9.17, 15) is 0 Å². The molecule has 2 rings (SSSR count). The Morgan fingerprint density at radius 3 is 3.00 bits per heavy atom. The zero-order chi connectivity index (χ0) is 12.3. The molecule has 0 saturated carbocycles. The SMILES string of the molecule is CCC1(C)CN(CCc2nccn2C)CCN1. The second-order valence-corrected chi connectivity index (χ2v) is 5.32. The largest absolute Gasteiger partial charge is 0.338 e. The van der Waals surface area contributed by atoms with Crippen LogP contribution in [0.1, 0.15) is 26.1 Å². The number of piperazine rings is 1. The van der Waals surface area contributed by atoms with Gasteiger partial charge in [0, 0.05) is 57.6 Å². The lowest BCUT2D eigenvalue weighted by atomic mass is 9.96. The van der Waals surface area contributed by atoms with Crippen molar-refractivity contribution in [1.82, 2.24) is 19.8 Å². The molecule has 1 atom stereocenters. The lowest BCUT2D eigenvalue weighted by Gasteiger charge is -2.41. The Hall–Kier alpha value is -0.870. The van der Waals surface area contributed by atoms with Crippen molar-refractivity contribution in [2.24, 2.45) is 7.05 Å². The zero-order valence-corrected chi connectivity index (χ0v) is 11.2. The fraction of sp³-hybridized carbons (Fsp3) is 0.769. The molecule has 0 spiro atoms. The van der Waals surface area contributed by atoms with E-state index in [2.05, 4.69) is 40.7 Å². The van der Waals surface area contributed by atoms with E-state index in [0.29, 0.717) is 5.54 Å². The molecule has 2 heterocycles. The molecule has 1 unspecified atom stereocenters. The van der Waals surface area contributed by atoms with Crippen molar-refractivity contribution in [2.75, 3.05) is 26.2 Å². The molecule has 1 aromatic rings. The van der Waals surface area contributed by atoms with Gasteiger partial charge in [-0.1, -0.05) is 6.92 Å². The summed E-state index contributed by atoms with van der Waals surface area (Å²) in [7, 11) is 2.07. The van der Waals surface area contributed by atoms with E-state index in [-0.39, 0.29) is 0 Å². The molecule has 1 N–H and O–H groups in total. The topological polar surface area (TPSA) is 33.1 Å². The Morgan fingerprint density at radius 1 is 1.53 bits per heavy atom. The van der Waals surface area contributed by atoms with Gasteiger partial charge in [-0.25, -0.2) is 4.98 Å². The molecule has 96 valence electrons. The molecule has 0 aromatic carbocycles. The third-order valence-electron chi connectivity index (χ3n) is 3.91. The number of aryl methyl sites for hydroxylation is 1. The Bertz CT molecular complexity index is 360. The van der Waals surface area contributed by atoms with E-state index < -0.39 is 0 Å². The van der Waals surface area contributed by atoms with E-state index >= 15 is 0 Å². The average molecular weight is 236 g/mol. The first-order chi connectivity index (χ1) is 8.13. The minimum Gasteiger partial charge on any atom is -0.338 e. The van der Waals surface area contributed by atoms with Crippen LogP contribution in [0.2, 0.25) is 0 Å². The van der Waals surface area contributed by atoms with Crippen molar-refractivity contribution in [1.29, 1.82) is 0 Å². The molecular formula is C13H24N4. The monoisotopic (exact) mass is 236 g/mol. The van der Waals surface area contributed by atoms with Gasteiger partial charge in [0.2, 0.25) is 0 Å². The van der Waals surface area contributed by atoms with Crippen LogP contribution in [0, 0.1) is 0 Å². The van der Waals surface area contributed by atoms with Crippen molar-refractivity contribution in [3.63, 3.8) is 0 Å². The molecule has 4 heteroatoms. The van der Waals surface area contributed by atoms with E-state index in [4.69, 9.17) is 0 Å². The van der Waals surface area contributed by atoms with Gasteiger partial charge >= 0.3 is 0 Å². The van der Waals surface area contributed by atoms with Gasteiger partial charge in [-0.2, -0.15) is 0 Å². The molecular weight excluding hydrogens is 212 g/mol. The van der Waals surface area contributed by atoms with E-state index in [0.717, 1.165) is 32.6 Å². The molecule has 0 amide bonds. The Labute approximate surface area is 104 Å². The van der Waals surface area contributed by atoms with Gasteiger partial charge in [-0.15, -0.1) is 0 Å². The van der Waals surface area contributed by atoms with Crippen LogP contribution in [0.3, 0.4) is 0 Å². The fourth-order valence-electron chi connectivity index (χ4n) is 2.47. The number of nitrogens with zero attached hydrogens (tertiary/aromatic N) is 3. The Balaban J connectivity index is 1.85. The molecule has 1 aromatic heterocycles. The normalized spacial score (nSPS) is 26.3. The zero-order valence-electron chi connectivity index (χ0n) is 11.2. The summed E-state index contributed by atoms with van der Waals surface area (Å²) in [6.45, 7) is 9.09. The van der Waals surface area contributed by atoms with Gasteiger partial charge in [-0.05, 0) is 13.3 Å². The Morgan fingerprint density at radius 2 is 2.35 bits per heavy atom. The molecule has 0 aliphatic carbocycles. The second kappa shape index (κ2) is 5.19. The summed E-state index contributed by atoms with van der Waals surface area (Å²) in [5, 5.41) is 3.62. The number of aromatic nitrogens is 2. The number of nitrogens with one attached hydrogen (secondary N) is 1. The van der Waals surface area contributed by atoms with E-state index in [1.807, 2.05) is 12.4 Å². The van der Waals surface area contributed by atoms with Crippen LogP contribution < -0.4 is 5.32 Å². The van der Waals surface area contributed by atoms with Crippen LogP contribution in [0.5, 0.6) is 0 Å². The average Bonchev–Trinajstić information content (AvgIpc) is 2.73. The molecule has 0 bridgehead atoms. The smallest absolute Gasteiger partial charge is 0.109 e. The van der Waals surface area contributed by atoms with Gasteiger partial charge < -0.3 is 9.88 Å². The molecule has 17 heavy (non-hydrogen) atoms. The summed E-state index contributed by atoms with van der Waals surface area (Å²) in [6.07, 6.45) is 6.13. The van der Waals surface area contributed by atoms with Gasteiger partial charge in [0.15, 0.2) is 0 Å². The molecule has 4 nitrogen and oxygen atoms in total. The van der Waals surface area contributed by atoms with E-state index in [1.54, 1.807) is 0 Å². The third-order valence-corrected chi connectivity index (χ3v) is 3.91. The van der Waals surface area contributed by atoms with Crippen molar-refractivity contribution in [3.05, 3.63) is 18.2 Å². The molecule has 1 saturated heterocycles. The molecule has 1 aliphatic rings. The predicted octanol–water partition coefficient (Wildman–Crippen LogP) is 1.04. The number of rotatable bonds is 4. The highest BCUT2D eigenvalue weighted by molar-refractivity contribution is 4.94. The highest BCUT2D eigenvalue weighted by Gasteiger charge is 2.28. The first kappa shape index (κ1) is 12.6. The summed E-state index contributed by atoms with van der Waals surface area (Å²) in [5.41, 5.74) is 0.292. The van der Waals surface area contributed by atoms with Crippen LogP contribution in [0.4, 0.5) is 0 Å². The maximum absolute atomic E-state index is 4.38. The maximum Gasteiger partial charge on any atom is 0.109 e. The van der Waals surface area contributed by atoms with Crippen LogP contribution in [-0.2, 0) is 13.5 Å². The lowest BCUT2D eigenvalue weighted by Crippen LogP contribution is -2.58. The van der Waals surface area contributed by atoms with Gasteiger partial charge in [0.05, 0.1) is 0 Å². The summed E-state index contributed by atoms with van der Waals surface area (Å²) in [4.78, 5) is 6.93. The van der Waals surface area contributed by atoms with Crippen molar-refractivity contribution < 1.29 is 0 Å². The first-order valence-corrected chi connectivity index (χ1v) is 6.56. The van der Waals surface area contributed by atoms with Gasteiger partial charge in [-0.3, -0.25) is 4.90 Å². The van der Waals surface area contributed by atoms with Crippen LogP contribution in [-0.4, -0.2) is 46.2 Å². The van der Waals surface area contributed by atoms with Gasteiger partial charge in [0.25, 0.3) is 0 Å². The number of hydrogen-bond donors (Lipinski definition) is 1. The van der Waals surface area contributed by atoms with E-state index in [1.165, 1.54) is 12.2 Å². The third kappa shape index (κ3) is 3.07. The fourth-order valence-corrected chi connectivity index (χ4v) is 2.47. The van der Waals surface area contributed by atoms with Crippen LogP contribution in [0.25, 0.3) is 0 Å². The highest BCUT2D eigenvalue weighted by Crippen LogP contribution is 2.15. The van der Waals surface area contributed by atoms with Gasteiger partial charge in [0.1, 0.15) is 5.82 Å². The Kier molecular flexibility index (Phi) is 3.84. The lowest BCUT2D eigenvalue weighted by molar-refractivity contribution is 0.140. The van der Waals surface area contributed by atoms with Crippen LogP contribution in [0.15, 0.2) is 12.4 Å². The summed E-state index contributed by atoms with van der Waals surface area (Å²) in [5.74, 6) is 1.18. The predicted molar refractivity (Wildman–Crippen MR) is 70.1 cm³/mol. The quantitative estimate of drug-likeness (QED) is 0.848. The minimum absolute atomic E-state index is 0.292. The number of hydrogen-bond acceptors (Lipinski definition) is 3. The summed E-state index contributed by atoms with van der Waals surface area (Å²) >= 11 is 0. The van der Waals surface area contributed by atoms with Crippen molar-refractivity contribution in [2.45, 2.75) is 32.2 Å². The second-order valence-electron chi connectivity index (χ2n) is 5.32. The molecule has 0 radical (unpaired) electrons.